The first-order valence-corrected chi connectivity index (χ1v) is 12.4. The summed E-state index contributed by atoms with van der Waals surface area (Å²) in [6.45, 7) is 15.7. The van der Waals surface area contributed by atoms with Gasteiger partial charge < -0.3 is 24.8 Å². The number of ether oxygens (including phenoxy) is 1. The molecule has 0 radical (unpaired) electrons. The highest BCUT2D eigenvalue weighted by molar-refractivity contribution is 14.0. The molecule has 1 amide bonds. The molecule has 3 aliphatic heterocycles. The molecular weight excluding hydrogens is 519 g/mol. The number of methoxy groups -OCH3 is 1. The molecule has 0 aliphatic carbocycles. The van der Waals surface area contributed by atoms with E-state index in [9.17, 15) is 4.79 Å². The molecule has 3 heterocycles. The molecule has 3 rings (SSSR count). The van der Waals surface area contributed by atoms with Gasteiger partial charge in [-0.1, -0.05) is 0 Å². The molecule has 0 spiro atoms. The number of hydrogen-bond acceptors (Lipinski definition) is 5. The zero-order chi connectivity index (χ0) is 22.1. The SMILES string of the molecule is CCNC(=NCC1CCN(CCOC)CC1)N1CCN(C(C)C(=O)N2CCCC2)CC1.I. The lowest BCUT2D eigenvalue weighted by molar-refractivity contribution is -0.135. The molecule has 1 atom stereocenters. The van der Waals surface area contributed by atoms with Crippen LogP contribution in [-0.2, 0) is 9.53 Å². The number of aliphatic imine (C=N–C) groups is 1. The summed E-state index contributed by atoms with van der Waals surface area (Å²) in [4.78, 5) is 27.0. The number of guanidine groups is 1. The van der Waals surface area contributed by atoms with Crippen molar-refractivity contribution in [1.82, 2.24) is 24.9 Å². The predicted octanol–water partition coefficient (Wildman–Crippen LogP) is 1.56. The number of carbonyl (C=O) groups excluding carboxylic acids is 1. The van der Waals surface area contributed by atoms with Crippen molar-refractivity contribution >= 4 is 35.8 Å². The minimum Gasteiger partial charge on any atom is -0.383 e. The molecule has 0 aromatic carbocycles. The van der Waals surface area contributed by atoms with Crippen molar-refractivity contribution in [3.05, 3.63) is 0 Å². The van der Waals surface area contributed by atoms with Gasteiger partial charge in [0.05, 0.1) is 12.6 Å². The van der Waals surface area contributed by atoms with Crippen LogP contribution in [0.25, 0.3) is 0 Å². The van der Waals surface area contributed by atoms with Gasteiger partial charge in [0.2, 0.25) is 5.91 Å². The third kappa shape index (κ3) is 7.99. The fraction of sp³-hybridized carbons (Fsp3) is 0.913. The van der Waals surface area contributed by atoms with E-state index in [1.807, 2.05) is 4.90 Å². The molecule has 3 fully saturated rings. The molecular formula is C23H45IN6O2. The van der Waals surface area contributed by atoms with Crippen LogP contribution in [0.3, 0.4) is 0 Å². The Morgan fingerprint density at radius 3 is 2.28 bits per heavy atom. The first kappa shape index (κ1) is 27.6. The van der Waals surface area contributed by atoms with E-state index in [0.29, 0.717) is 11.8 Å². The molecule has 3 aliphatic rings. The van der Waals surface area contributed by atoms with Gasteiger partial charge in [-0.3, -0.25) is 14.7 Å². The van der Waals surface area contributed by atoms with E-state index in [1.165, 1.54) is 12.8 Å². The van der Waals surface area contributed by atoms with Gasteiger partial charge in [0.1, 0.15) is 0 Å². The van der Waals surface area contributed by atoms with Crippen molar-refractivity contribution < 1.29 is 9.53 Å². The third-order valence-electron chi connectivity index (χ3n) is 7.09. The monoisotopic (exact) mass is 564 g/mol. The fourth-order valence-corrected chi connectivity index (χ4v) is 4.93. The summed E-state index contributed by atoms with van der Waals surface area (Å²) in [7, 11) is 1.77. The summed E-state index contributed by atoms with van der Waals surface area (Å²) >= 11 is 0. The van der Waals surface area contributed by atoms with Crippen LogP contribution < -0.4 is 5.32 Å². The summed E-state index contributed by atoms with van der Waals surface area (Å²) in [6, 6.07) is -0.0111. The number of halogens is 1. The van der Waals surface area contributed by atoms with Crippen molar-refractivity contribution in [2.75, 3.05) is 85.7 Å². The Labute approximate surface area is 212 Å². The van der Waals surface area contributed by atoms with Crippen LogP contribution in [-0.4, -0.2) is 123 Å². The lowest BCUT2D eigenvalue weighted by Gasteiger charge is -2.39. The molecule has 1 N–H and O–H groups in total. The number of nitrogens with one attached hydrogen (secondary N) is 1. The van der Waals surface area contributed by atoms with Gasteiger partial charge in [-0.05, 0) is 58.5 Å². The minimum absolute atomic E-state index is 0. The Morgan fingerprint density at radius 2 is 1.69 bits per heavy atom. The highest BCUT2D eigenvalue weighted by atomic mass is 127. The Balaban J connectivity index is 0.00000363. The Bertz CT molecular complexity index is 571. The van der Waals surface area contributed by atoms with Crippen LogP contribution >= 0.6 is 24.0 Å². The average Bonchev–Trinajstić information content (AvgIpc) is 3.35. The van der Waals surface area contributed by atoms with E-state index in [1.54, 1.807) is 7.11 Å². The van der Waals surface area contributed by atoms with Crippen LogP contribution in [0.2, 0.25) is 0 Å². The van der Waals surface area contributed by atoms with Crippen LogP contribution in [0.15, 0.2) is 4.99 Å². The molecule has 32 heavy (non-hydrogen) atoms. The molecule has 0 aromatic rings. The van der Waals surface area contributed by atoms with Gasteiger partial charge in [0.15, 0.2) is 5.96 Å². The van der Waals surface area contributed by atoms with Gasteiger partial charge >= 0.3 is 0 Å². The predicted molar refractivity (Wildman–Crippen MR) is 141 cm³/mol. The van der Waals surface area contributed by atoms with Crippen LogP contribution in [0.4, 0.5) is 0 Å². The molecule has 8 nitrogen and oxygen atoms in total. The first-order chi connectivity index (χ1) is 15.1. The normalized spacial score (nSPS) is 22.7. The maximum Gasteiger partial charge on any atom is 0.239 e. The summed E-state index contributed by atoms with van der Waals surface area (Å²) in [5.41, 5.74) is 0. The van der Waals surface area contributed by atoms with E-state index in [0.717, 1.165) is 97.4 Å². The van der Waals surface area contributed by atoms with Gasteiger partial charge in [0, 0.05) is 66.0 Å². The van der Waals surface area contributed by atoms with Crippen molar-refractivity contribution in [2.24, 2.45) is 10.9 Å². The van der Waals surface area contributed by atoms with Gasteiger partial charge in [0.25, 0.3) is 0 Å². The van der Waals surface area contributed by atoms with Crippen LogP contribution in [0, 0.1) is 5.92 Å². The maximum absolute atomic E-state index is 12.7. The zero-order valence-corrected chi connectivity index (χ0v) is 22.8. The Morgan fingerprint density at radius 1 is 1.03 bits per heavy atom. The maximum atomic E-state index is 12.7. The highest BCUT2D eigenvalue weighted by Gasteiger charge is 2.30. The van der Waals surface area contributed by atoms with E-state index in [2.05, 4.69) is 33.9 Å². The zero-order valence-electron chi connectivity index (χ0n) is 20.4. The molecule has 1 unspecified atom stereocenters. The van der Waals surface area contributed by atoms with Crippen molar-refractivity contribution in [3.8, 4) is 0 Å². The standard InChI is InChI=1S/C23H44N6O2.HI/c1-4-24-23(25-19-21-7-11-26(12-8-21)17-18-31-3)29-15-13-27(14-16-29)20(2)22(30)28-9-5-6-10-28;/h20-21H,4-19H2,1-3H3,(H,24,25);1H. The van der Waals surface area contributed by atoms with Gasteiger partial charge in [-0.25, -0.2) is 0 Å². The van der Waals surface area contributed by atoms with Crippen molar-refractivity contribution in [1.29, 1.82) is 0 Å². The minimum atomic E-state index is -0.0111. The lowest BCUT2D eigenvalue weighted by atomic mass is 9.97. The second-order valence-electron chi connectivity index (χ2n) is 9.20. The number of likely N-dealkylation sites (tertiary alicyclic amines) is 2. The number of piperazine rings is 1. The van der Waals surface area contributed by atoms with Gasteiger partial charge in [-0.15, -0.1) is 24.0 Å². The number of piperidine rings is 1. The van der Waals surface area contributed by atoms with Crippen LogP contribution in [0.5, 0.6) is 0 Å². The van der Waals surface area contributed by atoms with E-state index in [4.69, 9.17) is 9.73 Å². The molecule has 186 valence electrons. The Kier molecular flexibility index (Phi) is 12.6. The highest BCUT2D eigenvalue weighted by Crippen LogP contribution is 2.18. The smallest absolute Gasteiger partial charge is 0.239 e. The van der Waals surface area contributed by atoms with Crippen molar-refractivity contribution in [2.45, 2.75) is 45.6 Å². The van der Waals surface area contributed by atoms with E-state index < -0.39 is 0 Å². The lowest BCUT2D eigenvalue weighted by Crippen LogP contribution is -2.57. The largest absolute Gasteiger partial charge is 0.383 e. The molecule has 0 aromatic heterocycles. The molecule has 0 bridgehead atoms. The summed E-state index contributed by atoms with van der Waals surface area (Å²) in [5.74, 6) is 2.03. The molecule has 0 saturated carbocycles. The second kappa shape index (κ2) is 14.6. The van der Waals surface area contributed by atoms with E-state index in [-0.39, 0.29) is 30.0 Å². The quantitative estimate of drug-likeness (QED) is 0.275. The summed E-state index contributed by atoms with van der Waals surface area (Å²) in [6.07, 6.45) is 4.74. The van der Waals surface area contributed by atoms with Crippen LogP contribution in [0.1, 0.15) is 39.5 Å². The molecule has 9 heteroatoms. The summed E-state index contributed by atoms with van der Waals surface area (Å²) < 4.78 is 5.20. The average molecular weight is 565 g/mol. The molecule has 3 saturated heterocycles. The number of hydrogen-bond donors (Lipinski definition) is 1. The first-order valence-electron chi connectivity index (χ1n) is 12.4. The second-order valence-corrected chi connectivity index (χ2v) is 9.20. The number of carbonyl (C=O) groups is 1. The number of nitrogens with zero attached hydrogens (tertiary/aromatic N) is 5. The van der Waals surface area contributed by atoms with Crippen molar-refractivity contribution in [3.63, 3.8) is 0 Å². The number of rotatable bonds is 8. The fourth-order valence-electron chi connectivity index (χ4n) is 4.93. The van der Waals surface area contributed by atoms with Gasteiger partial charge in [-0.2, -0.15) is 0 Å². The summed E-state index contributed by atoms with van der Waals surface area (Å²) in [5, 5.41) is 3.50. The van der Waals surface area contributed by atoms with E-state index >= 15 is 0 Å². The topological polar surface area (TPSA) is 63.7 Å². The Hall–Kier alpha value is -0.650. The number of amides is 1. The third-order valence-corrected chi connectivity index (χ3v) is 7.09.